The molecule has 1 N–H and O–H groups in total. The van der Waals surface area contributed by atoms with Crippen molar-refractivity contribution < 1.29 is 14.6 Å². The van der Waals surface area contributed by atoms with E-state index in [2.05, 4.69) is 37.0 Å². The van der Waals surface area contributed by atoms with Gasteiger partial charge in [-0.1, -0.05) is 29.3 Å². The third-order valence-electron chi connectivity index (χ3n) is 2.85. The van der Waals surface area contributed by atoms with Gasteiger partial charge in [-0.05, 0) is 19.4 Å². The van der Waals surface area contributed by atoms with Gasteiger partial charge in [-0.15, -0.1) is 11.3 Å². The maximum absolute atomic E-state index is 11.2. The van der Waals surface area contributed by atoms with Gasteiger partial charge in [-0.25, -0.2) is 9.78 Å². The third kappa shape index (κ3) is 3.43. The standard InChI is InChI=1S/C15H17NO3S/c1-9-4-10(2)6-11(5-9)7-13-16-12(8-19-3)14(20-13)15(17)18/h4-6H,7-8H2,1-3H3,(H,17,18). The van der Waals surface area contributed by atoms with Crippen LogP contribution >= 0.6 is 11.3 Å². The SMILES string of the molecule is COCc1nc(Cc2cc(C)cc(C)c2)sc1C(=O)O. The number of methoxy groups -OCH3 is 1. The molecule has 1 aromatic carbocycles. The molecule has 4 nitrogen and oxygen atoms in total. The molecular formula is C15H17NO3S. The van der Waals surface area contributed by atoms with Crippen LogP contribution in [0.2, 0.25) is 0 Å². The van der Waals surface area contributed by atoms with Crippen LogP contribution in [0.3, 0.4) is 0 Å². The summed E-state index contributed by atoms with van der Waals surface area (Å²) in [6, 6.07) is 6.32. The van der Waals surface area contributed by atoms with Crippen LogP contribution < -0.4 is 0 Å². The molecule has 0 aliphatic rings. The molecule has 0 spiro atoms. The highest BCUT2D eigenvalue weighted by Gasteiger charge is 2.17. The van der Waals surface area contributed by atoms with Crippen LogP contribution in [-0.4, -0.2) is 23.2 Å². The Kier molecular flexibility index (Phi) is 4.52. The monoisotopic (exact) mass is 291 g/mol. The smallest absolute Gasteiger partial charge is 0.347 e. The summed E-state index contributed by atoms with van der Waals surface area (Å²) >= 11 is 1.22. The van der Waals surface area contributed by atoms with Crippen LogP contribution in [0.15, 0.2) is 18.2 Å². The Labute approximate surface area is 122 Å². The summed E-state index contributed by atoms with van der Waals surface area (Å²) in [6.45, 7) is 4.33. The molecule has 2 aromatic rings. The van der Waals surface area contributed by atoms with E-state index in [4.69, 9.17) is 4.74 Å². The van der Waals surface area contributed by atoms with Crippen molar-refractivity contribution in [3.05, 3.63) is 50.5 Å². The second kappa shape index (κ2) is 6.15. The van der Waals surface area contributed by atoms with E-state index in [9.17, 15) is 9.90 Å². The van der Waals surface area contributed by atoms with Gasteiger partial charge < -0.3 is 9.84 Å². The largest absolute Gasteiger partial charge is 0.477 e. The lowest BCUT2D eigenvalue weighted by atomic mass is 10.1. The van der Waals surface area contributed by atoms with Crippen molar-refractivity contribution in [2.45, 2.75) is 26.9 Å². The molecule has 0 saturated carbocycles. The van der Waals surface area contributed by atoms with Gasteiger partial charge >= 0.3 is 5.97 Å². The quantitative estimate of drug-likeness (QED) is 0.919. The lowest BCUT2D eigenvalue weighted by Gasteiger charge is -2.02. The Morgan fingerprint density at radius 3 is 2.50 bits per heavy atom. The minimum Gasteiger partial charge on any atom is -0.477 e. The summed E-state index contributed by atoms with van der Waals surface area (Å²) < 4.78 is 5.00. The number of carbonyl (C=O) groups is 1. The summed E-state index contributed by atoms with van der Waals surface area (Å²) in [5, 5.41) is 9.98. The van der Waals surface area contributed by atoms with Gasteiger partial charge in [-0.2, -0.15) is 0 Å². The fourth-order valence-corrected chi connectivity index (χ4v) is 3.16. The maximum atomic E-state index is 11.2. The van der Waals surface area contributed by atoms with Crippen LogP contribution in [0, 0.1) is 13.8 Å². The summed E-state index contributed by atoms with van der Waals surface area (Å²) in [6.07, 6.45) is 0.650. The predicted octanol–water partition coefficient (Wildman–Crippen LogP) is 3.20. The van der Waals surface area contributed by atoms with Crippen LogP contribution in [0.4, 0.5) is 0 Å². The third-order valence-corrected chi connectivity index (χ3v) is 3.94. The molecule has 0 aliphatic heterocycles. The lowest BCUT2D eigenvalue weighted by Crippen LogP contribution is -1.99. The maximum Gasteiger partial charge on any atom is 0.347 e. The molecule has 0 radical (unpaired) electrons. The molecule has 0 unspecified atom stereocenters. The highest BCUT2D eigenvalue weighted by atomic mass is 32.1. The van der Waals surface area contributed by atoms with E-state index in [1.165, 1.54) is 29.6 Å². The zero-order valence-electron chi connectivity index (χ0n) is 11.8. The molecule has 2 rings (SSSR count). The number of hydrogen-bond donors (Lipinski definition) is 1. The minimum absolute atomic E-state index is 0.227. The molecule has 1 aromatic heterocycles. The Morgan fingerprint density at radius 1 is 1.30 bits per heavy atom. The number of rotatable bonds is 5. The molecule has 0 atom stereocenters. The lowest BCUT2D eigenvalue weighted by molar-refractivity contribution is 0.0697. The minimum atomic E-state index is -0.943. The highest BCUT2D eigenvalue weighted by molar-refractivity contribution is 7.13. The van der Waals surface area contributed by atoms with Crippen LogP contribution in [-0.2, 0) is 17.8 Å². The number of aryl methyl sites for hydroxylation is 2. The number of carboxylic acids is 1. The molecule has 1 heterocycles. The van der Waals surface area contributed by atoms with Gasteiger partial charge in [0.15, 0.2) is 0 Å². The number of ether oxygens (including phenoxy) is 1. The first-order valence-electron chi connectivity index (χ1n) is 6.27. The van der Waals surface area contributed by atoms with Crippen molar-refractivity contribution in [3.8, 4) is 0 Å². The zero-order valence-corrected chi connectivity index (χ0v) is 12.6. The van der Waals surface area contributed by atoms with E-state index in [1.807, 2.05) is 0 Å². The number of aromatic carboxylic acids is 1. The van der Waals surface area contributed by atoms with Crippen LogP contribution in [0.5, 0.6) is 0 Å². The number of nitrogens with zero attached hydrogens (tertiary/aromatic N) is 1. The van der Waals surface area contributed by atoms with E-state index >= 15 is 0 Å². The number of aromatic nitrogens is 1. The van der Waals surface area contributed by atoms with Crippen molar-refractivity contribution in [1.29, 1.82) is 0 Å². The Hall–Kier alpha value is -1.72. The second-order valence-corrected chi connectivity index (χ2v) is 5.88. The second-order valence-electron chi connectivity index (χ2n) is 4.79. The van der Waals surface area contributed by atoms with E-state index in [-0.39, 0.29) is 11.5 Å². The predicted molar refractivity (Wildman–Crippen MR) is 78.5 cm³/mol. The molecule has 0 bridgehead atoms. The summed E-state index contributed by atoms with van der Waals surface area (Å²) in [5.41, 5.74) is 4.06. The first-order chi connectivity index (χ1) is 9.49. The first kappa shape index (κ1) is 14.7. The Morgan fingerprint density at radius 2 is 1.95 bits per heavy atom. The molecule has 0 saturated heterocycles. The van der Waals surface area contributed by atoms with Gasteiger partial charge in [0.1, 0.15) is 4.88 Å². The fraction of sp³-hybridized carbons (Fsp3) is 0.333. The first-order valence-corrected chi connectivity index (χ1v) is 7.09. The molecular weight excluding hydrogens is 274 g/mol. The van der Waals surface area contributed by atoms with Gasteiger partial charge in [-0.3, -0.25) is 0 Å². The fourth-order valence-electron chi connectivity index (χ4n) is 2.22. The van der Waals surface area contributed by atoms with E-state index in [0.717, 1.165) is 10.6 Å². The van der Waals surface area contributed by atoms with Crippen molar-refractivity contribution >= 4 is 17.3 Å². The van der Waals surface area contributed by atoms with Crippen molar-refractivity contribution in [1.82, 2.24) is 4.98 Å². The highest BCUT2D eigenvalue weighted by Crippen LogP contribution is 2.23. The molecule has 5 heteroatoms. The van der Waals surface area contributed by atoms with Crippen molar-refractivity contribution in [3.63, 3.8) is 0 Å². The summed E-state index contributed by atoms with van der Waals surface area (Å²) in [5.74, 6) is -0.943. The summed E-state index contributed by atoms with van der Waals surface area (Å²) in [7, 11) is 1.54. The van der Waals surface area contributed by atoms with E-state index in [1.54, 1.807) is 0 Å². The van der Waals surface area contributed by atoms with Gasteiger partial charge in [0.05, 0.1) is 17.3 Å². The number of benzene rings is 1. The average molecular weight is 291 g/mol. The molecule has 0 amide bonds. The Bertz CT molecular complexity index is 614. The molecule has 20 heavy (non-hydrogen) atoms. The zero-order chi connectivity index (χ0) is 14.7. The number of hydrogen-bond acceptors (Lipinski definition) is 4. The molecule has 0 aliphatic carbocycles. The number of thiazole rings is 1. The molecule has 106 valence electrons. The molecule has 0 fully saturated rings. The van der Waals surface area contributed by atoms with Gasteiger partial charge in [0.2, 0.25) is 0 Å². The van der Waals surface area contributed by atoms with E-state index < -0.39 is 5.97 Å². The number of carboxylic acid groups (broad SMARTS) is 1. The van der Waals surface area contributed by atoms with E-state index in [0.29, 0.717) is 12.1 Å². The van der Waals surface area contributed by atoms with Crippen LogP contribution in [0.25, 0.3) is 0 Å². The summed E-state index contributed by atoms with van der Waals surface area (Å²) in [4.78, 5) is 15.8. The normalized spacial score (nSPS) is 10.8. The van der Waals surface area contributed by atoms with Gasteiger partial charge in [0, 0.05) is 13.5 Å². The Balaban J connectivity index is 2.29. The van der Waals surface area contributed by atoms with Gasteiger partial charge in [0.25, 0.3) is 0 Å². The average Bonchev–Trinajstić information content (AvgIpc) is 2.71. The topological polar surface area (TPSA) is 59.4 Å². The van der Waals surface area contributed by atoms with Crippen LogP contribution in [0.1, 0.15) is 37.1 Å². The van der Waals surface area contributed by atoms with Crippen molar-refractivity contribution in [2.24, 2.45) is 0 Å². The van der Waals surface area contributed by atoms with Crippen molar-refractivity contribution in [2.75, 3.05) is 7.11 Å².